The van der Waals surface area contributed by atoms with Crippen LogP contribution in [0.5, 0.6) is 0 Å². The van der Waals surface area contributed by atoms with Gasteiger partial charge in [-0.1, -0.05) is 168 Å². The molecule has 0 heterocycles. The Balaban J connectivity index is -0.000000622. The summed E-state index contributed by atoms with van der Waals surface area (Å²) in [5, 5.41) is 17.0. The van der Waals surface area contributed by atoms with Gasteiger partial charge in [-0.2, -0.15) is 0 Å². The van der Waals surface area contributed by atoms with E-state index in [0.717, 1.165) is 25.7 Å². The van der Waals surface area contributed by atoms with Crippen molar-refractivity contribution in [3.8, 4) is 0 Å². The molecule has 270 valence electrons. The molecule has 0 fully saturated rings. The van der Waals surface area contributed by atoms with Crippen molar-refractivity contribution in [2.75, 3.05) is 0 Å². The Kier molecular flexibility index (Phi) is 52.6. The van der Waals surface area contributed by atoms with Crippen LogP contribution in [0.2, 0.25) is 8.87 Å². The van der Waals surface area contributed by atoms with Gasteiger partial charge < -0.3 is 10.2 Å². The molecule has 0 rings (SSSR count). The molecule has 4 nitrogen and oxygen atoms in total. The van der Waals surface area contributed by atoms with E-state index in [1.807, 2.05) is 0 Å². The third-order valence-electron chi connectivity index (χ3n) is 8.40. The van der Waals surface area contributed by atoms with Gasteiger partial charge in [0, 0.05) is 12.8 Å². The zero-order valence-electron chi connectivity index (χ0n) is 31.3. The number of aliphatic carboxylic acids is 2. The third kappa shape index (κ3) is 59.7. The van der Waals surface area contributed by atoms with E-state index in [9.17, 15) is 9.59 Å². The number of carboxylic acids is 2. The van der Waals surface area contributed by atoms with E-state index in [4.69, 9.17) is 10.2 Å². The molecule has 0 amide bonds. The average molecular weight is 746 g/mol. The molecule has 45 heavy (non-hydrogen) atoms. The van der Waals surface area contributed by atoms with E-state index in [-0.39, 0.29) is 21.1 Å². The summed E-state index contributed by atoms with van der Waals surface area (Å²) in [7, 11) is 0. The maximum absolute atomic E-state index is 10.3. The van der Waals surface area contributed by atoms with Gasteiger partial charge >= 0.3 is 81.5 Å². The first-order valence-electron chi connectivity index (χ1n) is 20.1. The fourth-order valence-corrected chi connectivity index (χ4v) is 9.48. The van der Waals surface area contributed by atoms with Gasteiger partial charge in [-0.05, 0) is 12.8 Å². The van der Waals surface area contributed by atoms with E-state index in [0.29, 0.717) is 12.8 Å². The van der Waals surface area contributed by atoms with Crippen molar-refractivity contribution in [1.82, 2.24) is 0 Å². The summed E-state index contributed by atoms with van der Waals surface area (Å²) in [5.41, 5.74) is 0. The minimum atomic E-state index is -0.655. The van der Waals surface area contributed by atoms with Crippen molar-refractivity contribution in [2.24, 2.45) is 0 Å². The number of carbonyl (C=O) groups is 2. The molecule has 0 aliphatic heterocycles. The number of carboxylic acid groups (broad SMARTS) is 2. The molecule has 0 unspecified atom stereocenters. The van der Waals surface area contributed by atoms with Crippen molar-refractivity contribution in [2.45, 2.75) is 242 Å². The Morgan fingerprint density at radius 3 is 0.733 bits per heavy atom. The van der Waals surface area contributed by atoms with Gasteiger partial charge in [0.1, 0.15) is 0 Å². The monoisotopic (exact) mass is 747 g/mol. The van der Waals surface area contributed by atoms with Gasteiger partial charge in [0.15, 0.2) is 0 Å². The molecule has 0 atom stereocenters. The molecular weight excluding hydrogens is 663 g/mol. The number of hydrogen-bond donors (Lipinski definition) is 2. The average Bonchev–Trinajstić information content (AvgIpc) is 3.02. The van der Waals surface area contributed by atoms with Crippen molar-refractivity contribution in [1.29, 1.82) is 0 Å². The van der Waals surface area contributed by atoms with E-state index < -0.39 is 11.9 Å². The van der Waals surface area contributed by atoms with Gasteiger partial charge in [-0.15, -0.1) is 0 Å². The summed E-state index contributed by atoms with van der Waals surface area (Å²) >= 11 is 0.149. The van der Waals surface area contributed by atoms with Crippen molar-refractivity contribution < 1.29 is 19.8 Å². The molecular formula is C40H82O4Sn. The first-order chi connectivity index (χ1) is 22.0. The summed E-state index contributed by atoms with van der Waals surface area (Å²) in [6.45, 7) is 9.10. The van der Waals surface area contributed by atoms with E-state index in [1.165, 1.54) is 167 Å². The van der Waals surface area contributed by atoms with Gasteiger partial charge in [-0.3, -0.25) is 9.59 Å². The van der Waals surface area contributed by atoms with E-state index in [1.54, 1.807) is 8.87 Å². The van der Waals surface area contributed by atoms with Gasteiger partial charge in [0.2, 0.25) is 0 Å². The van der Waals surface area contributed by atoms with E-state index >= 15 is 0 Å². The molecule has 0 aromatic rings. The molecule has 0 spiro atoms. The molecule has 0 aromatic carbocycles. The Bertz CT molecular complexity index is 494. The Morgan fingerprint density at radius 2 is 0.533 bits per heavy atom. The predicted octanol–water partition coefficient (Wildman–Crippen LogP) is 14.2. The van der Waals surface area contributed by atoms with Crippen LogP contribution in [0.4, 0.5) is 0 Å². The zero-order valence-corrected chi connectivity index (χ0v) is 34.1. The number of rotatable bonds is 34. The second-order valence-corrected chi connectivity index (χ2v) is 17.5. The molecule has 0 aromatic heterocycles. The molecule has 5 heteroatoms. The van der Waals surface area contributed by atoms with Crippen molar-refractivity contribution in [3.63, 3.8) is 0 Å². The predicted molar refractivity (Wildman–Crippen MR) is 201 cm³/mol. The summed E-state index contributed by atoms with van der Waals surface area (Å²) in [6.07, 6.45) is 40.4. The molecule has 0 saturated carbocycles. The molecule has 0 bridgehead atoms. The quantitative estimate of drug-likeness (QED) is 0.0508. The number of unbranched alkanes of at least 4 members (excludes halogenated alkanes) is 26. The van der Waals surface area contributed by atoms with Crippen molar-refractivity contribution in [3.05, 3.63) is 0 Å². The van der Waals surface area contributed by atoms with Crippen LogP contribution in [0.15, 0.2) is 0 Å². The third-order valence-corrected chi connectivity index (χ3v) is 12.4. The van der Waals surface area contributed by atoms with Gasteiger partial charge in [0.05, 0.1) is 0 Å². The van der Waals surface area contributed by atoms with Crippen LogP contribution in [0, 0.1) is 0 Å². The summed E-state index contributed by atoms with van der Waals surface area (Å²) < 4.78 is 3.25. The first kappa shape index (κ1) is 49.1. The molecule has 0 aliphatic carbocycles. The van der Waals surface area contributed by atoms with Crippen LogP contribution in [0.25, 0.3) is 0 Å². The van der Waals surface area contributed by atoms with Gasteiger partial charge in [-0.25, -0.2) is 0 Å². The minimum absolute atomic E-state index is 0.149. The zero-order chi connectivity index (χ0) is 33.9. The summed E-state index contributed by atoms with van der Waals surface area (Å²) in [4.78, 5) is 20.6. The second-order valence-electron chi connectivity index (χ2n) is 13.2. The second kappa shape index (κ2) is 48.1. The standard InChI is InChI=1S/2C16H32O2.2C4H9.Sn/c2*1-2-3-4-5-6-7-8-9-10-11-12-13-14-15-16(17)18;2*1-3-4-2;/h2*2-15H2,1H3,(H,17,18);2*1,3-4H2,2H3;. The summed E-state index contributed by atoms with van der Waals surface area (Å²) in [5.74, 6) is -1.31. The normalized spacial score (nSPS) is 10.6. The number of hydrogen-bond acceptors (Lipinski definition) is 2. The molecule has 2 radical (unpaired) electrons. The topological polar surface area (TPSA) is 74.6 Å². The Morgan fingerprint density at radius 1 is 0.333 bits per heavy atom. The van der Waals surface area contributed by atoms with Crippen LogP contribution in [0.1, 0.15) is 233 Å². The molecule has 2 N–H and O–H groups in total. The van der Waals surface area contributed by atoms with Gasteiger partial charge in [0.25, 0.3) is 0 Å². The van der Waals surface area contributed by atoms with Crippen LogP contribution in [-0.4, -0.2) is 43.3 Å². The SMILES string of the molecule is CCCCCCCCCCCCCCCC(=O)O.CCCCCCCCCCCCCCCC(=O)O.CCC[CH2][Sn][CH2]CCC. The fourth-order valence-electron chi connectivity index (χ4n) is 5.32. The summed E-state index contributed by atoms with van der Waals surface area (Å²) in [6, 6.07) is 0. The maximum atomic E-state index is 10.3. The van der Waals surface area contributed by atoms with E-state index in [2.05, 4.69) is 27.7 Å². The van der Waals surface area contributed by atoms with Crippen LogP contribution < -0.4 is 0 Å². The first-order valence-corrected chi connectivity index (χ1v) is 24.1. The van der Waals surface area contributed by atoms with Crippen LogP contribution in [-0.2, 0) is 9.59 Å². The van der Waals surface area contributed by atoms with Crippen molar-refractivity contribution >= 4 is 33.1 Å². The Hall–Kier alpha value is -0.261. The Labute approximate surface area is 293 Å². The molecule has 0 aliphatic rings. The van der Waals surface area contributed by atoms with Crippen LogP contribution in [0.3, 0.4) is 0 Å². The molecule has 0 saturated heterocycles. The fraction of sp³-hybridized carbons (Fsp3) is 0.950. The van der Waals surface area contributed by atoms with Crippen LogP contribution >= 0.6 is 0 Å².